The van der Waals surface area contributed by atoms with E-state index in [4.69, 9.17) is 11.6 Å². The number of alkyl halides is 3. The molecule has 0 aliphatic carbocycles. The second-order valence-corrected chi connectivity index (χ2v) is 4.25. The van der Waals surface area contributed by atoms with Crippen LogP contribution in [-0.2, 0) is 20.5 Å². The molecule has 0 N–H and O–H groups in total. The van der Waals surface area contributed by atoms with Crippen molar-refractivity contribution < 1.29 is 27.5 Å². The molecule has 0 aliphatic rings. The lowest BCUT2D eigenvalue weighted by molar-refractivity contribution is -0.138. The Labute approximate surface area is 118 Å². The summed E-state index contributed by atoms with van der Waals surface area (Å²) in [6, 6.07) is 2.92. The first-order valence-corrected chi connectivity index (χ1v) is 5.72. The molecule has 0 heterocycles. The lowest BCUT2D eigenvalue weighted by atomic mass is 10.1. The van der Waals surface area contributed by atoms with Crippen molar-refractivity contribution in [3.63, 3.8) is 0 Å². The predicted molar refractivity (Wildman–Crippen MR) is 67.1 cm³/mol. The predicted octanol–water partition coefficient (Wildman–Crippen LogP) is 3.50. The van der Waals surface area contributed by atoms with E-state index in [0.29, 0.717) is 0 Å². The third-order valence-corrected chi connectivity index (χ3v) is 2.71. The molecule has 0 radical (unpaired) electrons. The minimum Gasteiger partial charge on any atom is -0.465 e. The molecule has 0 amide bonds. The third kappa shape index (κ3) is 3.84. The number of hydrogen-bond acceptors (Lipinski definition) is 3. The zero-order valence-electron chi connectivity index (χ0n) is 10.5. The zero-order chi connectivity index (χ0) is 15.5. The Morgan fingerprint density at radius 3 is 2.30 bits per heavy atom. The maximum Gasteiger partial charge on any atom is 0.417 e. The molecular formula is C13H10ClF3O3. The Hall–Kier alpha value is -1.82. The average molecular weight is 307 g/mol. The van der Waals surface area contributed by atoms with Crippen LogP contribution in [0.15, 0.2) is 23.8 Å². The van der Waals surface area contributed by atoms with Gasteiger partial charge in [-0.25, -0.2) is 4.79 Å². The summed E-state index contributed by atoms with van der Waals surface area (Å²) >= 11 is 5.54. The van der Waals surface area contributed by atoms with E-state index in [1.54, 1.807) is 0 Å². The molecular weight excluding hydrogens is 297 g/mol. The van der Waals surface area contributed by atoms with Gasteiger partial charge < -0.3 is 4.74 Å². The topological polar surface area (TPSA) is 43.4 Å². The lowest BCUT2D eigenvalue weighted by Crippen LogP contribution is -2.11. The van der Waals surface area contributed by atoms with E-state index >= 15 is 0 Å². The fourth-order valence-corrected chi connectivity index (χ4v) is 1.73. The van der Waals surface area contributed by atoms with Gasteiger partial charge in [0, 0.05) is 0 Å². The highest BCUT2D eigenvalue weighted by Gasteiger charge is 2.33. The molecule has 108 valence electrons. The van der Waals surface area contributed by atoms with E-state index in [1.807, 2.05) is 0 Å². The maximum atomic E-state index is 12.5. The summed E-state index contributed by atoms with van der Waals surface area (Å²) in [6.07, 6.45) is -3.44. The molecule has 0 spiro atoms. The van der Waals surface area contributed by atoms with E-state index in [-0.39, 0.29) is 11.1 Å². The molecule has 1 rings (SSSR count). The van der Waals surface area contributed by atoms with Gasteiger partial charge in [-0.2, -0.15) is 13.2 Å². The van der Waals surface area contributed by atoms with Crippen LogP contribution in [0, 0.1) is 0 Å². The van der Waals surface area contributed by atoms with Gasteiger partial charge in [0.15, 0.2) is 5.78 Å². The van der Waals surface area contributed by atoms with Crippen molar-refractivity contribution in [1.82, 2.24) is 0 Å². The van der Waals surface area contributed by atoms with E-state index < -0.39 is 28.5 Å². The van der Waals surface area contributed by atoms with Crippen LogP contribution in [0.25, 0.3) is 6.08 Å². The summed E-state index contributed by atoms with van der Waals surface area (Å²) in [7, 11) is 1.10. The average Bonchev–Trinajstić information content (AvgIpc) is 2.33. The van der Waals surface area contributed by atoms with Gasteiger partial charge in [0.25, 0.3) is 0 Å². The van der Waals surface area contributed by atoms with Gasteiger partial charge in [-0.3, -0.25) is 4.79 Å². The SMILES string of the molecule is COC(=O)/C(=C\c1ccc(C(F)(F)F)c(Cl)c1)C(C)=O. The van der Waals surface area contributed by atoms with Gasteiger partial charge in [0.1, 0.15) is 5.57 Å². The number of Topliss-reactive ketones (excluding diaryl/α,β-unsaturated/α-hetero) is 1. The summed E-state index contributed by atoms with van der Waals surface area (Å²) < 4.78 is 42.0. The van der Waals surface area contributed by atoms with Crippen molar-refractivity contribution >= 4 is 29.4 Å². The zero-order valence-corrected chi connectivity index (χ0v) is 11.3. The first-order valence-electron chi connectivity index (χ1n) is 5.34. The Morgan fingerprint density at radius 1 is 1.30 bits per heavy atom. The Kier molecular flexibility index (Phi) is 4.94. The lowest BCUT2D eigenvalue weighted by Gasteiger charge is -2.09. The van der Waals surface area contributed by atoms with Crippen molar-refractivity contribution in [1.29, 1.82) is 0 Å². The molecule has 0 aromatic heterocycles. The van der Waals surface area contributed by atoms with Crippen LogP contribution in [0.2, 0.25) is 5.02 Å². The number of carbonyl (C=O) groups excluding carboxylic acids is 2. The Bertz CT molecular complexity index is 577. The first-order chi connectivity index (χ1) is 9.16. The molecule has 0 saturated carbocycles. The van der Waals surface area contributed by atoms with Crippen LogP contribution in [0.4, 0.5) is 13.2 Å². The van der Waals surface area contributed by atoms with Gasteiger partial charge in [-0.05, 0) is 30.7 Å². The highest BCUT2D eigenvalue weighted by Crippen LogP contribution is 2.35. The number of ketones is 1. The number of methoxy groups -OCH3 is 1. The van der Waals surface area contributed by atoms with Crippen LogP contribution >= 0.6 is 11.6 Å². The summed E-state index contributed by atoms with van der Waals surface area (Å²) in [5.74, 6) is -1.43. The minimum absolute atomic E-state index is 0.193. The highest BCUT2D eigenvalue weighted by atomic mass is 35.5. The molecule has 0 bridgehead atoms. The molecule has 20 heavy (non-hydrogen) atoms. The largest absolute Gasteiger partial charge is 0.465 e. The van der Waals surface area contributed by atoms with Crippen molar-refractivity contribution in [3.8, 4) is 0 Å². The molecule has 3 nitrogen and oxygen atoms in total. The number of rotatable bonds is 3. The normalized spacial score (nSPS) is 12.2. The van der Waals surface area contributed by atoms with E-state index in [0.717, 1.165) is 38.3 Å². The summed E-state index contributed by atoms with van der Waals surface area (Å²) in [4.78, 5) is 22.6. The minimum atomic E-state index is -4.56. The smallest absolute Gasteiger partial charge is 0.417 e. The van der Waals surface area contributed by atoms with E-state index in [1.165, 1.54) is 0 Å². The van der Waals surface area contributed by atoms with Crippen molar-refractivity contribution in [2.24, 2.45) is 0 Å². The maximum absolute atomic E-state index is 12.5. The highest BCUT2D eigenvalue weighted by molar-refractivity contribution is 6.31. The number of carbonyl (C=O) groups is 2. The molecule has 0 fully saturated rings. The Morgan fingerprint density at radius 2 is 1.90 bits per heavy atom. The number of ether oxygens (including phenoxy) is 1. The molecule has 0 unspecified atom stereocenters. The monoisotopic (exact) mass is 306 g/mol. The van der Waals surface area contributed by atoms with Crippen LogP contribution in [-0.4, -0.2) is 18.9 Å². The number of halogens is 4. The fourth-order valence-electron chi connectivity index (χ4n) is 1.43. The standard InChI is InChI=1S/C13H10ClF3O3/c1-7(18)9(12(19)20-2)5-8-3-4-10(11(14)6-8)13(15,16)17/h3-6H,1-2H3/b9-5-. The third-order valence-electron chi connectivity index (χ3n) is 2.39. The van der Waals surface area contributed by atoms with Gasteiger partial charge >= 0.3 is 12.1 Å². The van der Waals surface area contributed by atoms with Crippen LogP contribution in [0.3, 0.4) is 0 Å². The van der Waals surface area contributed by atoms with E-state index in [9.17, 15) is 22.8 Å². The molecule has 7 heteroatoms. The second-order valence-electron chi connectivity index (χ2n) is 3.84. The van der Waals surface area contributed by atoms with Crippen molar-refractivity contribution in [2.75, 3.05) is 7.11 Å². The summed E-state index contributed by atoms with van der Waals surface area (Å²) in [5.41, 5.74) is -1.07. The summed E-state index contributed by atoms with van der Waals surface area (Å²) in [6.45, 7) is 1.15. The number of esters is 1. The van der Waals surface area contributed by atoms with Crippen LogP contribution in [0.1, 0.15) is 18.1 Å². The number of benzene rings is 1. The van der Waals surface area contributed by atoms with Crippen molar-refractivity contribution in [3.05, 3.63) is 39.9 Å². The molecule has 0 aliphatic heterocycles. The van der Waals surface area contributed by atoms with Gasteiger partial charge in [-0.1, -0.05) is 17.7 Å². The first kappa shape index (κ1) is 16.2. The van der Waals surface area contributed by atoms with E-state index in [2.05, 4.69) is 4.74 Å². The summed E-state index contributed by atoms with van der Waals surface area (Å²) in [5, 5.41) is -0.515. The van der Waals surface area contributed by atoms with Crippen LogP contribution < -0.4 is 0 Å². The van der Waals surface area contributed by atoms with Gasteiger partial charge in [0.2, 0.25) is 0 Å². The molecule has 1 aromatic rings. The van der Waals surface area contributed by atoms with Crippen LogP contribution in [0.5, 0.6) is 0 Å². The second kappa shape index (κ2) is 6.09. The Balaban J connectivity index is 3.25. The molecule has 0 saturated heterocycles. The molecule has 0 atom stereocenters. The van der Waals surface area contributed by atoms with Crippen molar-refractivity contribution in [2.45, 2.75) is 13.1 Å². The number of hydrogen-bond donors (Lipinski definition) is 0. The fraction of sp³-hybridized carbons (Fsp3) is 0.231. The quantitative estimate of drug-likeness (QED) is 0.371. The van der Waals surface area contributed by atoms with Gasteiger partial charge in [0.05, 0.1) is 17.7 Å². The molecule has 1 aromatic carbocycles. The van der Waals surface area contributed by atoms with Gasteiger partial charge in [-0.15, -0.1) is 0 Å².